The first kappa shape index (κ1) is 5.85. The molecule has 8 heavy (non-hydrogen) atoms. The number of thioether (sulfide) groups is 1. The van der Waals surface area contributed by atoms with Gasteiger partial charge in [0, 0.05) is 6.42 Å². The Morgan fingerprint density at radius 2 is 2.62 bits per heavy atom. The Morgan fingerprint density at radius 1 is 1.88 bits per heavy atom. The third-order valence-electron chi connectivity index (χ3n) is 0.963. The van der Waals surface area contributed by atoms with Crippen molar-refractivity contribution in [2.24, 2.45) is 0 Å². The first-order valence-electron chi connectivity index (χ1n) is 2.28. The van der Waals surface area contributed by atoms with Crippen molar-refractivity contribution in [3.8, 4) is 0 Å². The van der Waals surface area contributed by atoms with Crippen LogP contribution < -0.4 is 0 Å². The maximum absolute atomic E-state index is 10.0. The summed E-state index contributed by atoms with van der Waals surface area (Å²) >= 11 is 1.15. The maximum atomic E-state index is 10.0. The fraction of sp³-hybridized carbons (Fsp3) is 0.400. The van der Waals surface area contributed by atoms with Gasteiger partial charge >= 0.3 is 0 Å². The van der Waals surface area contributed by atoms with Gasteiger partial charge in [-0.05, 0) is 5.41 Å². The molecule has 0 spiro atoms. The van der Waals surface area contributed by atoms with Crippen LogP contribution in [0.25, 0.3) is 0 Å². The highest BCUT2D eigenvalue weighted by atomic mass is 32.2. The molecule has 2 nitrogen and oxygen atoms in total. The molecule has 0 amide bonds. The summed E-state index contributed by atoms with van der Waals surface area (Å²) in [6, 6.07) is 0. The summed E-state index contributed by atoms with van der Waals surface area (Å²) in [5, 5.41) is 10.8. The highest BCUT2D eigenvalue weighted by molar-refractivity contribution is 8.04. The van der Waals surface area contributed by atoms with Crippen LogP contribution in [0.1, 0.15) is 6.42 Å². The zero-order chi connectivity index (χ0) is 6.04. The van der Waals surface area contributed by atoms with E-state index >= 15 is 0 Å². The third-order valence-corrected chi connectivity index (χ3v) is 1.96. The second-order valence-electron chi connectivity index (χ2n) is 1.66. The number of hydrogen-bond acceptors (Lipinski definition) is 3. The SMILES string of the molecule is O=CC1(O)CC=CS1. The molecule has 1 rings (SSSR count). The topological polar surface area (TPSA) is 37.3 Å². The monoisotopic (exact) mass is 130 g/mol. The van der Waals surface area contributed by atoms with Gasteiger partial charge in [-0.1, -0.05) is 17.8 Å². The lowest BCUT2D eigenvalue weighted by atomic mass is 10.3. The molecule has 0 aromatic carbocycles. The van der Waals surface area contributed by atoms with E-state index in [0.717, 1.165) is 11.8 Å². The van der Waals surface area contributed by atoms with Gasteiger partial charge in [0.25, 0.3) is 0 Å². The van der Waals surface area contributed by atoms with Gasteiger partial charge in [-0.15, -0.1) is 0 Å². The molecule has 1 aliphatic rings. The Hall–Kier alpha value is -0.280. The Kier molecular flexibility index (Phi) is 1.40. The summed E-state index contributed by atoms with van der Waals surface area (Å²) in [7, 11) is 0. The van der Waals surface area contributed by atoms with Gasteiger partial charge in [0.15, 0.2) is 11.2 Å². The maximum Gasteiger partial charge on any atom is 0.173 e. The van der Waals surface area contributed by atoms with Crippen molar-refractivity contribution >= 4 is 18.0 Å². The first-order chi connectivity index (χ1) is 3.77. The molecule has 1 N–H and O–H groups in total. The van der Waals surface area contributed by atoms with E-state index in [2.05, 4.69) is 0 Å². The third kappa shape index (κ3) is 0.928. The fourth-order valence-electron chi connectivity index (χ4n) is 0.507. The lowest BCUT2D eigenvalue weighted by Crippen LogP contribution is -2.21. The zero-order valence-corrected chi connectivity index (χ0v) is 5.02. The minimum atomic E-state index is -1.14. The van der Waals surface area contributed by atoms with E-state index in [-0.39, 0.29) is 0 Å². The van der Waals surface area contributed by atoms with Crippen LogP contribution in [0.3, 0.4) is 0 Å². The van der Waals surface area contributed by atoms with E-state index in [9.17, 15) is 4.79 Å². The zero-order valence-electron chi connectivity index (χ0n) is 4.20. The van der Waals surface area contributed by atoms with Crippen molar-refractivity contribution in [2.45, 2.75) is 11.4 Å². The summed E-state index contributed by atoms with van der Waals surface area (Å²) in [6.07, 6.45) is 2.79. The van der Waals surface area contributed by atoms with Gasteiger partial charge in [0.2, 0.25) is 0 Å². The van der Waals surface area contributed by atoms with Crippen LogP contribution in [-0.2, 0) is 4.79 Å². The van der Waals surface area contributed by atoms with Gasteiger partial charge in [-0.25, -0.2) is 0 Å². The summed E-state index contributed by atoms with van der Waals surface area (Å²) in [6.45, 7) is 0. The molecule has 0 aliphatic carbocycles. The van der Waals surface area contributed by atoms with Gasteiger partial charge in [-0.2, -0.15) is 0 Å². The molecule has 0 aromatic rings. The van der Waals surface area contributed by atoms with Gasteiger partial charge in [0.1, 0.15) is 0 Å². The molecule has 0 fully saturated rings. The Labute approximate surface area is 51.6 Å². The molecule has 44 valence electrons. The van der Waals surface area contributed by atoms with E-state index in [4.69, 9.17) is 5.11 Å². The molecule has 0 saturated heterocycles. The lowest BCUT2D eigenvalue weighted by Gasteiger charge is -2.09. The standard InChI is InChI=1S/C5H6O2S/c6-4-5(7)2-1-3-8-5/h1,3-4,7H,2H2. The number of carbonyl (C=O) groups excluding carboxylic acids is 1. The fourth-order valence-corrected chi connectivity index (χ4v) is 1.18. The molecular weight excluding hydrogens is 124 g/mol. The highest BCUT2D eigenvalue weighted by Crippen LogP contribution is 2.31. The predicted octanol–water partition coefficient (Wildman–Crippen LogP) is 0.524. The van der Waals surface area contributed by atoms with Crippen molar-refractivity contribution in [3.05, 3.63) is 11.5 Å². The van der Waals surface area contributed by atoms with E-state index < -0.39 is 4.93 Å². The van der Waals surface area contributed by atoms with Crippen LogP contribution in [0.2, 0.25) is 0 Å². The first-order valence-corrected chi connectivity index (χ1v) is 3.16. The van der Waals surface area contributed by atoms with Crippen LogP contribution in [0.15, 0.2) is 11.5 Å². The minimum absolute atomic E-state index is 0.446. The van der Waals surface area contributed by atoms with Crippen LogP contribution >= 0.6 is 11.8 Å². The average molecular weight is 130 g/mol. The van der Waals surface area contributed by atoms with Gasteiger partial charge in [0.05, 0.1) is 0 Å². The molecule has 1 unspecified atom stereocenters. The van der Waals surface area contributed by atoms with Gasteiger partial charge in [-0.3, -0.25) is 4.79 Å². The van der Waals surface area contributed by atoms with Crippen molar-refractivity contribution in [1.29, 1.82) is 0 Å². The van der Waals surface area contributed by atoms with Crippen molar-refractivity contribution in [1.82, 2.24) is 0 Å². The van der Waals surface area contributed by atoms with Gasteiger partial charge < -0.3 is 5.11 Å². The van der Waals surface area contributed by atoms with Crippen molar-refractivity contribution in [2.75, 3.05) is 0 Å². The molecule has 1 heterocycles. The smallest absolute Gasteiger partial charge is 0.173 e. The molecule has 0 radical (unpaired) electrons. The molecule has 1 aliphatic heterocycles. The average Bonchev–Trinajstić information content (AvgIpc) is 2.17. The van der Waals surface area contributed by atoms with Crippen LogP contribution in [0.4, 0.5) is 0 Å². The molecule has 0 saturated carbocycles. The summed E-state index contributed by atoms with van der Waals surface area (Å²) < 4.78 is 0. The lowest BCUT2D eigenvalue weighted by molar-refractivity contribution is -0.116. The van der Waals surface area contributed by atoms with Crippen LogP contribution in [0, 0.1) is 0 Å². The minimum Gasteiger partial charge on any atom is -0.372 e. The highest BCUT2D eigenvalue weighted by Gasteiger charge is 2.27. The number of aldehydes is 1. The second-order valence-corrected chi connectivity index (χ2v) is 2.87. The van der Waals surface area contributed by atoms with E-state index in [1.807, 2.05) is 0 Å². The molecular formula is C5H6O2S. The Balaban J connectivity index is 2.58. The number of aliphatic hydroxyl groups is 1. The molecule has 0 bridgehead atoms. The van der Waals surface area contributed by atoms with E-state index in [1.165, 1.54) is 0 Å². The van der Waals surface area contributed by atoms with Crippen LogP contribution in [-0.4, -0.2) is 16.3 Å². The summed E-state index contributed by atoms with van der Waals surface area (Å²) in [4.78, 5) is 8.88. The number of rotatable bonds is 1. The van der Waals surface area contributed by atoms with Crippen molar-refractivity contribution < 1.29 is 9.90 Å². The number of carbonyl (C=O) groups is 1. The largest absolute Gasteiger partial charge is 0.372 e. The summed E-state index contributed by atoms with van der Waals surface area (Å²) in [5.41, 5.74) is 0. The van der Waals surface area contributed by atoms with Crippen LogP contribution in [0.5, 0.6) is 0 Å². The van der Waals surface area contributed by atoms with E-state index in [1.54, 1.807) is 11.5 Å². The predicted molar refractivity (Wildman–Crippen MR) is 32.4 cm³/mol. The Bertz CT molecular complexity index is 122. The quantitative estimate of drug-likeness (QED) is 0.526. The molecule has 0 aromatic heterocycles. The second kappa shape index (κ2) is 1.91. The Morgan fingerprint density at radius 3 is 2.88 bits per heavy atom. The summed E-state index contributed by atoms with van der Waals surface area (Å²) in [5.74, 6) is 0. The molecule has 3 heteroatoms. The van der Waals surface area contributed by atoms with E-state index in [0.29, 0.717) is 12.7 Å². The van der Waals surface area contributed by atoms with Crippen molar-refractivity contribution in [3.63, 3.8) is 0 Å². The number of hydrogen-bond donors (Lipinski definition) is 1. The normalized spacial score (nSPS) is 35.6. The molecule has 1 atom stereocenters.